The highest BCUT2D eigenvalue weighted by Gasteiger charge is 2.43. The highest BCUT2D eigenvalue weighted by Crippen LogP contribution is 2.47. The molecule has 19 heavy (non-hydrogen) atoms. The summed E-state index contributed by atoms with van der Waals surface area (Å²) in [5.41, 5.74) is 6.92. The molecule has 5 nitrogen and oxygen atoms in total. The summed E-state index contributed by atoms with van der Waals surface area (Å²) in [5.74, 6) is 1.71. The normalized spacial score (nSPS) is 16.4. The Morgan fingerprint density at radius 2 is 2.16 bits per heavy atom. The summed E-state index contributed by atoms with van der Waals surface area (Å²) in [4.78, 5) is 4.44. The van der Waals surface area contributed by atoms with E-state index in [9.17, 15) is 0 Å². The molecule has 1 heterocycles. The Morgan fingerprint density at radius 3 is 2.79 bits per heavy atom. The molecule has 0 unspecified atom stereocenters. The van der Waals surface area contributed by atoms with Crippen LogP contribution in [0, 0.1) is 0 Å². The molecule has 1 aromatic carbocycles. The number of hydrogen-bond donors (Lipinski definition) is 1. The number of nitrogen functional groups attached to an aromatic ring is 1. The average Bonchev–Trinajstić information content (AvgIpc) is 2.95. The molecule has 0 atom stereocenters. The topological polar surface area (TPSA) is 74.2 Å². The number of hydrogen-bond acceptors (Lipinski definition) is 5. The molecule has 100 valence electrons. The largest absolute Gasteiger partial charge is 0.496 e. The van der Waals surface area contributed by atoms with Gasteiger partial charge in [-0.1, -0.05) is 23.7 Å². The first kappa shape index (κ1) is 12.3. The van der Waals surface area contributed by atoms with Crippen LogP contribution < -0.4 is 10.5 Å². The van der Waals surface area contributed by atoms with Gasteiger partial charge in [-0.25, -0.2) is 0 Å². The Kier molecular flexibility index (Phi) is 2.67. The Bertz CT molecular complexity index is 635. The second-order valence-electron chi connectivity index (χ2n) is 5.06. The van der Waals surface area contributed by atoms with Crippen molar-refractivity contribution >= 4 is 17.3 Å². The van der Waals surface area contributed by atoms with Crippen molar-refractivity contribution in [1.29, 1.82) is 0 Å². The Balaban J connectivity index is 2.06. The minimum atomic E-state index is 0.0621. The standard InChI is InChI=1S/C13H14ClN3O2/c1-13(3-4-13)12-16-11(19-17-12)7-5-8(14)9(15)6-10(7)18-2/h5-6H,3-4,15H2,1-2H3. The quantitative estimate of drug-likeness (QED) is 0.874. The van der Waals surface area contributed by atoms with Crippen molar-refractivity contribution in [2.75, 3.05) is 12.8 Å². The van der Waals surface area contributed by atoms with Gasteiger partial charge >= 0.3 is 0 Å². The van der Waals surface area contributed by atoms with E-state index in [1.807, 2.05) is 0 Å². The highest BCUT2D eigenvalue weighted by molar-refractivity contribution is 6.33. The van der Waals surface area contributed by atoms with Gasteiger partial charge in [-0.05, 0) is 18.9 Å². The maximum absolute atomic E-state index is 6.03. The first-order valence-corrected chi connectivity index (χ1v) is 6.39. The monoisotopic (exact) mass is 279 g/mol. The van der Waals surface area contributed by atoms with Crippen molar-refractivity contribution in [3.63, 3.8) is 0 Å². The van der Waals surface area contributed by atoms with E-state index in [0.29, 0.717) is 27.9 Å². The molecule has 6 heteroatoms. The first-order valence-electron chi connectivity index (χ1n) is 6.01. The molecule has 2 aromatic rings. The smallest absolute Gasteiger partial charge is 0.261 e. The third kappa shape index (κ3) is 2.04. The van der Waals surface area contributed by atoms with Crippen molar-refractivity contribution in [3.05, 3.63) is 23.0 Å². The van der Waals surface area contributed by atoms with Gasteiger partial charge in [0.25, 0.3) is 5.89 Å². The summed E-state index contributed by atoms with van der Waals surface area (Å²) in [7, 11) is 1.56. The van der Waals surface area contributed by atoms with Crippen LogP contribution in [-0.2, 0) is 5.41 Å². The minimum absolute atomic E-state index is 0.0621. The SMILES string of the molecule is COc1cc(N)c(Cl)cc1-c1nc(C2(C)CC2)no1. The number of rotatable bonds is 3. The van der Waals surface area contributed by atoms with Gasteiger partial charge in [0.1, 0.15) is 5.75 Å². The van der Waals surface area contributed by atoms with Crippen molar-refractivity contribution in [2.24, 2.45) is 0 Å². The molecule has 0 saturated heterocycles. The second-order valence-corrected chi connectivity index (χ2v) is 5.47. The second kappa shape index (κ2) is 4.13. The Hall–Kier alpha value is -1.75. The van der Waals surface area contributed by atoms with E-state index in [1.165, 1.54) is 0 Å². The van der Waals surface area contributed by atoms with E-state index < -0.39 is 0 Å². The fourth-order valence-electron chi connectivity index (χ4n) is 1.89. The number of benzene rings is 1. The molecule has 1 aromatic heterocycles. The zero-order valence-electron chi connectivity index (χ0n) is 10.7. The summed E-state index contributed by atoms with van der Waals surface area (Å²) >= 11 is 6.03. The molecule has 1 fully saturated rings. The molecule has 0 aliphatic heterocycles. The lowest BCUT2D eigenvalue weighted by atomic mass is 10.1. The number of halogens is 1. The summed E-state index contributed by atoms with van der Waals surface area (Å²) in [6.07, 6.45) is 2.18. The summed E-state index contributed by atoms with van der Waals surface area (Å²) < 4.78 is 10.6. The Labute approximate surface area is 115 Å². The van der Waals surface area contributed by atoms with Gasteiger partial charge in [-0.2, -0.15) is 4.98 Å². The minimum Gasteiger partial charge on any atom is -0.496 e. The zero-order valence-corrected chi connectivity index (χ0v) is 11.5. The van der Waals surface area contributed by atoms with E-state index >= 15 is 0 Å². The summed E-state index contributed by atoms with van der Waals surface area (Å²) in [5, 5.41) is 4.48. The van der Waals surface area contributed by atoms with Crippen LogP contribution in [0.1, 0.15) is 25.6 Å². The predicted octanol–water partition coefficient (Wildman–Crippen LogP) is 3.03. The van der Waals surface area contributed by atoms with E-state index in [0.717, 1.165) is 18.7 Å². The van der Waals surface area contributed by atoms with Crippen molar-refractivity contribution in [2.45, 2.75) is 25.2 Å². The van der Waals surface area contributed by atoms with Crippen LogP contribution >= 0.6 is 11.6 Å². The molecule has 1 saturated carbocycles. The number of ether oxygens (including phenoxy) is 1. The molecule has 1 aliphatic rings. The van der Waals surface area contributed by atoms with E-state index in [-0.39, 0.29) is 5.41 Å². The maximum atomic E-state index is 6.03. The first-order chi connectivity index (χ1) is 9.03. The van der Waals surface area contributed by atoms with Gasteiger partial charge in [0.15, 0.2) is 5.82 Å². The predicted molar refractivity (Wildman–Crippen MR) is 72.3 cm³/mol. The van der Waals surface area contributed by atoms with Crippen molar-refractivity contribution in [3.8, 4) is 17.2 Å². The number of nitrogens with two attached hydrogens (primary N) is 1. The van der Waals surface area contributed by atoms with Crippen LogP contribution in [0.15, 0.2) is 16.7 Å². The van der Waals surface area contributed by atoms with Crippen LogP contribution in [0.4, 0.5) is 5.69 Å². The molecule has 0 radical (unpaired) electrons. The van der Waals surface area contributed by atoms with Crippen LogP contribution in [0.5, 0.6) is 5.75 Å². The van der Waals surface area contributed by atoms with Gasteiger partial charge < -0.3 is 15.0 Å². The number of nitrogens with zero attached hydrogens (tertiary/aromatic N) is 2. The molecule has 0 spiro atoms. The molecular formula is C13H14ClN3O2. The lowest BCUT2D eigenvalue weighted by Crippen LogP contribution is -2.02. The van der Waals surface area contributed by atoms with Crippen LogP contribution in [-0.4, -0.2) is 17.3 Å². The fourth-order valence-corrected chi connectivity index (χ4v) is 2.06. The molecule has 2 N–H and O–H groups in total. The van der Waals surface area contributed by atoms with Crippen molar-refractivity contribution in [1.82, 2.24) is 10.1 Å². The van der Waals surface area contributed by atoms with Gasteiger partial charge in [0.05, 0.1) is 23.4 Å². The Morgan fingerprint density at radius 1 is 1.42 bits per heavy atom. The van der Waals surface area contributed by atoms with Crippen LogP contribution in [0.2, 0.25) is 5.02 Å². The average molecular weight is 280 g/mol. The van der Waals surface area contributed by atoms with Crippen LogP contribution in [0.3, 0.4) is 0 Å². The highest BCUT2D eigenvalue weighted by atomic mass is 35.5. The van der Waals surface area contributed by atoms with Crippen molar-refractivity contribution < 1.29 is 9.26 Å². The lowest BCUT2D eigenvalue weighted by Gasteiger charge is -2.07. The molecule has 0 bridgehead atoms. The fraction of sp³-hybridized carbons (Fsp3) is 0.385. The maximum Gasteiger partial charge on any atom is 0.261 e. The number of methoxy groups -OCH3 is 1. The van der Waals surface area contributed by atoms with E-state index in [2.05, 4.69) is 17.1 Å². The van der Waals surface area contributed by atoms with Crippen LogP contribution in [0.25, 0.3) is 11.5 Å². The van der Waals surface area contributed by atoms with E-state index in [4.69, 9.17) is 26.6 Å². The third-order valence-corrected chi connectivity index (χ3v) is 3.84. The molecule has 0 amide bonds. The zero-order chi connectivity index (χ0) is 13.6. The van der Waals surface area contributed by atoms with Gasteiger partial charge in [-0.15, -0.1) is 0 Å². The molecule has 1 aliphatic carbocycles. The van der Waals surface area contributed by atoms with Gasteiger partial charge in [0, 0.05) is 11.5 Å². The summed E-state index contributed by atoms with van der Waals surface area (Å²) in [6.45, 7) is 2.12. The summed E-state index contributed by atoms with van der Waals surface area (Å²) in [6, 6.07) is 3.34. The number of anilines is 1. The molecular weight excluding hydrogens is 266 g/mol. The lowest BCUT2D eigenvalue weighted by molar-refractivity contribution is 0.400. The van der Waals surface area contributed by atoms with Gasteiger partial charge in [-0.3, -0.25) is 0 Å². The van der Waals surface area contributed by atoms with E-state index in [1.54, 1.807) is 19.2 Å². The number of aromatic nitrogens is 2. The molecule has 3 rings (SSSR count). The van der Waals surface area contributed by atoms with Gasteiger partial charge in [0.2, 0.25) is 0 Å². The third-order valence-electron chi connectivity index (χ3n) is 3.52.